The Morgan fingerprint density at radius 2 is 1.76 bits per heavy atom. The van der Waals surface area contributed by atoms with Crippen molar-refractivity contribution in [1.82, 2.24) is 0 Å². The normalized spacial score (nSPS) is 11.4. The molecule has 2 aromatic carbocycles. The second-order valence-corrected chi connectivity index (χ2v) is 6.87. The Morgan fingerprint density at radius 3 is 2.33 bits per heavy atom. The molecule has 0 bridgehead atoms. The lowest BCUT2D eigenvalue weighted by Gasteiger charge is -2.07. The van der Waals surface area contributed by atoms with Crippen LogP contribution in [0.2, 0.25) is 0 Å². The van der Waals surface area contributed by atoms with Crippen molar-refractivity contribution in [3.63, 3.8) is 0 Å². The van der Waals surface area contributed by atoms with Crippen LogP contribution in [0.15, 0.2) is 41.3 Å². The van der Waals surface area contributed by atoms with Crippen LogP contribution in [-0.2, 0) is 9.84 Å². The summed E-state index contributed by atoms with van der Waals surface area (Å²) in [5.41, 5.74) is 6.60. The monoisotopic (exact) mass is 307 g/mol. The van der Waals surface area contributed by atoms with Gasteiger partial charge >= 0.3 is 0 Å². The Morgan fingerprint density at radius 1 is 1.10 bits per heavy atom. The van der Waals surface area contributed by atoms with Gasteiger partial charge in [-0.25, -0.2) is 12.8 Å². The van der Waals surface area contributed by atoms with E-state index in [9.17, 15) is 17.6 Å². The fourth-order valence-corrected chi connectivity index (χ4v) is 2.61. The summed E-state index contributed by atoms with van der Waals surface area (Å²) in [5.74, 6) is -0.814. The minimum atomic E-state index is -3.47. The molecule has 0 amide bonds. The molecule has 110 valence electrons. The summed E-state index contributed by atoms with van der Waals surface area (Å²) in [6, 6.07) is 7.94. The highest BCUT2D eigenvalue weighted by Gasteiger charge is 2.15. The van der Waals surface area contributed by atoms with Crippen LogP contribution in [0.1, 0.15) is 21.5 Å². The maximum atomic E-state index is 13.2. The third kappa shape index (κ3) is 3.28. The first-order valence-electron chi connectivity index (χ1n) is 6.10. The zero-order valence-electron chi connectivity index (χ0n) is 11.6. The van der Waals surface area contributed by atoms with Gasteiger partial charge in [-0.15, -0.1) is 0 Å². The summed E-state index contributed by atoms with van der Waals surface area (Å²) in [4.78, 5) is 12.3. The maximum absolute atomic E-state index is 13.2. The molecular weight excluding hydrogens is 293 g/mol. The average molecular weight is 307 g/mol. The smallest absolute Gasteiger partial charge is 0.193 e. The largest absolute Gasteiger partial charge is 0.399 e. The molecule has 0 atom stereocenters. The third-order valence-corrected chi connectivity index (χ3v) is 4.13. The second kappa shape index (κ2) is 5.29. The van der Waals surface area contributed by atoms with Crippen LogP contribution >= 0.6 is 0 Å². The maximum Gasteiger partial charge on any atom is 0.193 e. The molecule has 0 radical (unpaired) electrons. The van der Waals surface area contributed by atoms with E-state index in [0.29, 0.717) is 5.56 Å². The fourth-order valence-electron chi connectivity index (χ4n) is 1.92. The molecule has 6 heteroatoms. The lowest BCUT2D eigenvalue weighted by atomic mass is 10.0. The van der Waals surface area contributed by atoms with Gasteiger partial charge < -0.3 is 5.73 Å². The van der Waals surface area contributed by atoms with Crippen molar-refractivity contribution in [2.45, 2.75) is 11.8 Å². The average Bonchev–Trinajstić information content (AvgIpc) is 2.39. The third-order valence-electron chi connectivity index (χ3n) is 3.04. The van der Waals surface area contributed by atoms with Crippen molar-refractivity contribution < 1.29 is 17.6 Å². The SMILES string of the molecule is Cc1cc(C(=O)c2cc(N)cc(S(C)(=O)=O)c2)ccc1F. The number of hydrogen-bond acceptors (Lipinski definition) is 4. The van der Waals surface area contributed by atoms with Gasteiger partial charge in [-0.3, -0.25) is 4.79 Å². The quantitative estimate of drug-likeness (QED) is 0.697. The van der Waals surface area contributed by atoms with Crippen LogP contribution in [-0.4, -0.2) is 20.5 Å². The van der Waals surface area contributed by atoms with Crippen molar-refractivity contribution in [2.24, 2.45) is 0 Å². The molecule has 0 aliphatic rings. The molecule has 4 nitrogen and oxygen atoms in total. The van der Waals surface area contributed by atoms with Crippen LogP contribution in [0.3, 0.4) is 0 Å². The number of aryl methyl sites for hydroxylation is 1. The number of rotatable bonds is 3. The van der Waals surface area contributed by atoms with E-state index in [1.807, 2.05) is 0 Å². The molecule has 2 aromatic rings. The molecule has 0 aliphatic heterocycles. The van der Waals surface area contributed by atoms with E-state index in [1.54, 1.807) is 6.92 Å². The first kappa shape index (κ1) is 15.2. The van der Waals surface area contributed by atoms with Gasteiger partial charge in [0.05, 0.1) is 4.90 Å². The number of carbonyl (C=O) groups is 1. The molecular formula is C15H14FNO3S. The van der Waals surface area contributed by atoms with E-state index in [0.717, 1.165) is 6.26 Å². The molecule has 0 heterocycles. The fraction of sp³-hybridized carbons (Fsp3) is 0.133. The van der Waals surface area contributed by atoms with Crippen molar-refractivity contribution in [3.05, 3.63) is 58.9 Å². The van der Waals surface area contributed by atoms with Gasteiger partial charge in [-0.05, 0) is 48.9 Å². The van der Waals surface area contributed by atoms with Gasteiger partial charge in [0.2, 0.25) is 0 Å². The lowest BCUT2D eigenvalue weighted by Crippen LogP contribution is -2.06. The summed E-state index contributed by atoms with van der Waals surface area (Å²) in [6.45, 7) is 1.55. The minimum Gasteiger partial charge on any atom is -0.399 e. The van der Waals surface area contributed by atoms with E-state index in [1.165, 1.54) is 36.4 Å². The number of halogens is 1. The number of benzene rings is 2. The van der Waals surface area contributed by atoms with Crippen molar-refractivity contribution >= 4 is 21.3 Å². The molecule has 2 rings (SSSR count). The zero-order chi connectivity index (χ0) is 15.8. The number of nitrogens with two attached hydrogens (primary N) is 1. The number of hydrogen-bond donors (Lipinski definition) is 1. The number of anilines is 1. The first-order chi connectivity index (χ1) is 9.68. The first-order valence-corrected chi connectivity index (χ1v) is 7.99. The Hall–Kier alpha value is -2.21. The summed E-state index contributed by atoms with van der Waals surface area (Å²) < 4.78 is 36.4. The van der Waals surface area contributed by atoms with Crippen molar-refractivity contribution in [2.75, 3.05) is 12.0 Å². The van der Waals surface area contributed by atoms with Gasteiger partial charge in [0, 0.05) is 23.1 Å². The highest BCUT2D eigenvalue weighted by molar-refractivity contribution is 7.90. The van der Waals surface area contributed by atoms with E-state index in [-0.39, 0.29) is 21.7 Å². The summed E-state index contributed by atoms with van der Waals surface area (Å²) >= 11 is 0. The van der Waals surface area contributed by atoms with Gasteiger partial charge in [0.1, 0.15) is 5.82 Å². The zero-order valence-corrected chi connectivity index (χ0v) is 12.4. The number of sulfone groups is 1. The topological polar surface area (TPSA) is 77.2 Å². The predicted molar refractivity (Wildman–Crippen MR) is 78.5 cm³/mol. The molecule has 0 aliphatic carbocycles. The van der Waals surface area contributed by atoms with E-state index in [4.69, 9.17) is 5.73 Å². The van der Waals surface area contributed by atoms with E-state index < -0.39 is 21.4 Å². The molecule has 21 heavy (non-hydrogen) atoms. The van der Waals surface area contributed by atoms with E-state index >= 15 is 0 Å². The Bertz CT molecular complexity index is 829. The van der Waals surface area contributed by atoms with Gasteiger partial charge in [-0.1, -0.05) is 0 Å². The molecule has 0 unspecified atom stereocenters. The molecule has 0 fully saturated rings. The lowest BCUT2D eigenvalue weighted by molar-refractivity contribution is 0.103. The summed E-state index contributed by atoms with van der Waals surface area (Å²) in [7, 11) is -3.47. The second-order valence-electron chi connectivity index (χ2n) is 4.86. The number of ketones is 1. The molecule has 0 spiro atoms. The van der Waals surface area contributed by atoms with Crippen LogP contribution in [0.4, 0.5) is 10.1 Å². The van der Waals surface area contributed by atoms with Crippen molar-refractivity contribution in [3.8, 4) is 0 Å². The highest BCUT2D eigenvalue weighted by Crippen LogP contribution is 2.20. The van der Waals surface area contributed by atoms with Crippen LogP contribution in [0.25, 0.3) is 0 Å². The standard InChI is InChI=1S/C15H14FNO3S/c1-9-5-10(3-4-14(9)16)15(18)11-6-12(17)8-13(7-11)21(2,19)20/h3-8H,17H2,1-2H3. The minimum absolute atomic E-state index is 0.0234. The number of nitrogen functional groups attached to an aromatic ring is 1. The number of carbonyl (C=O) groups excluding carboxylic acids is 1. The van der Waals surface area contributed by atoms with Crippen LogP contribution in [0.5, 0.6) is 0 Å². The summed E-state index contributed by atoms with van der Waals surface area (Å²) in [6.07, 6.45) is 1.04. The van der Waals surface area contributed by atoms with Crippen LogP contribution < -0.4 is 5.73 Å². The van der Waals surface area contributed by atoms with Gasteiger partial charge in [0.25, 0.3) is 0 Å². The van der Waals surface area contributed by atoms with E-state index in [2.05, 4.69) is 0 Å². The van der Waals surface area contributed by atoms with Gasteiger partial charge in [-0.2, -0.15) is 0 Å². The van der Waals surface area contributed by atoms with Crippen LogP contribution in [0, 0.1) is 12.7 Å². The summed E-state index contributed by atoms with van der Waals surface area (Å²) in [5, 5.41) is 0. The Labute approximate surface area is 122 Å². The molecule has 0 saturated heterocycles. The predicted octanol–water partition coefficient (Wildman–Crippen LogP) is 2.35. The highest BCUT2D eigenvalue weighted by atomic mass is 32.2. The Kier molecular flexibility index (Phi) is 3.82. The Balaban J connectivity index is 2.53. The van der Waals surface area contributed by atoms with Gasteiger partial charge in [0.15, 0.2) is 15.6 Å². The van der Waals surface area contributed by atoms with Crippen molar-refractivity contribution in [1.29, 1.82) is 0 Å². The molecule has 0 saturated carbocycles. The molecule has 2 N–H and O–H groups in total. The molecule has 0 aromatic heterocycles.